The zero-order valence-corrected chi connectivity index (χ0v) is 11.1. The Morgan fingerprint density at radius 2 is 2.00 bits per heavy atom. The Balaban J connectivity index is 2.64. The number of nitrogens with zero attached hydrogens (tertiary/aromatic N) is 3. The number of carbonyl (C=O) groups is 1. The van der Waals surface area contributed by atoms with Gasteiger partial charge in [0.05, 0.1) is 11.4 Å². The van der Waals surface area contributed by atoms with Gasteiger partial charge in [-0.3, -0.25) is 4.79 Å². The van der Waals surface area contributed by atoms with Gasteiger partial charge < -0.3 is 0 Å². The Morgan fingerprint density at radius 1 is 1.28 bits per heavy atom. The van der Waals surface area contributed by atoms with Crippen molar-refractivity contribution in [1.82, 2.24) is 15.0 Å². The van der Waals surface area contributed by atoms with Gasteiger partial charge in [0.1, 0.15) is 5.69 Å². The molecule has 1 aromatic heterocycles. The molecule has 0 fully saturated rings. The van der Waals surface area contributed by atoms with E-state index in [1.54, 1.807) is 4.68 Å². The highest BCUT2D eigenvalue weighted by Crippen LogP contribution is 2.22. The van der Waals surface area contributed by atoms with Gasteiger partial charge in [-0.1, -0.05) is 36.8 Å². The summed E-state index contributed by atoms with van der Waals surface area (Å²) in [5, 5.41) is 8.05. The average molecular weight is 243 g/mol. The Bertz CT molecular complexity index is 585. The monoisotopic (exact) mass is 243 g/mol. The van der Waals surface area contributed by atoms with Crippen molar-refractivity contribution in [2.24, 2.45) is 0 Å². The maximum atomic E-state index is 11.0. The lowest BCUT2D eigenvalue weighted by atomic mass is 10.1. The zero-order chi connectivity index (χ0) is 13.3. The van der Waals surface area contributed by atoms with Gasteiger partial charge in [-0.15, -0.1) is 5.10 Å². The normalized spacial score (nSPS) is 10.9. The van der Waals surface area contributed by atoms with Crippen molar-refractivity contribution in [1.29, 1.82) is 0 Å². The van der Waals surface area contributed by atoms with Gasteiger partial charge in [0.15, 0.2) is 6.29 Å². The number of aryl methyl sites for hydroxylation is 2. The molecule has 0 aliphatic heterocycles. The summed E-state index contributed by atoms with van der Waals surface area (Å²) in [5.74, 6) is 0.195. The summed E-state index contributed by atoms with van der Waals surface area (Å²) in [6.45, 7) is 8.16. The highest BCUT2D eigenvalue weighted by atomic mass is 16.1. The van der Waals surface area contributed by atoms with Crippen LogP contribution in [0.15, 0.2) is 18.2 Å². The Kier molecular flexibility index (Phi) is 3.28. The third-order valence-corrected chi connectivity index (χ3v) is 2.97. The van der Waals surface area contributed by atoms with E-state index in [0.29, 0.717) is 5.69 Å². The van der Waals surface area contributed by atoms with Crippen molar-refractivity contribution >= 4 is 6.29 Å². The molecule has 4 nitrogen and oxygen atoms in total. The molecule has 0 spiro atoms. The van der Waals surface area contributed by atoms with E-state index in [1.807, 2.05) is 32.9 Å². The number of hydrogen-bond acceptors (Lipinski definition) is 3. The summed E-state index contributed by atoms with van der Waals surface area (Å²) in [5.41, 5.74) is 4.59. The highest BCUT2D eigenvalue weighted by molar-refractivity contribution is 5.74. The minimum absolute atomic E-state index is 0.195. The molecule has 4 heteroatoms. The van der Waals surface area contributed by atoms with Crippen molar-refractivity contribution in [2.75, 3.05) is 0 Å². The molecule has 2 aromatic rings. The van der Waals surface area contributed by atoms with Crippen LogP contribution in [0.2, 0.25) is 0 Å². The topological polar surface area (TPSA) is 47.8 Å². The van der Waals surface area contributed by atoms with Gasteiger partial charge in [0.2, 0.25) is 0 Å². The van der Waals surface area contributed by atoms with Gasteiger partial charge in [-0.25, -0.2) is 4.68 Å². The van der Waals surface area contributed by atoms with Crippen LogP contribution in [-0.2, 0) is 0 Å². The first-order chi connectivity index (χ1) is 8.54. The maximum Gasteiger partial charge on any atom is 0.172 e. The van der Waals surface area contributed by atoms with Crippen molar-refractivity contribution < 1.29 is 4.79 Å². The van der Waals surface area contributed by atoms with E-state index in [-0.39, 0.29) is 5.92 Å². The van der Waals surface area contributed by atoms with Crippen molar-refractivity contribution in [3.63, 3.8) is 0 Å². The molecule has 0 saturated heterocycles. The summed E-state index contributed by atoms with van der Waals surface area (Å²) < 4.78 is 1.77. The second-order valence-corrected chi connectivity index (χ2v) is 4.83. The Morgan fingerprint density at radius 3 is 2.56 bits per heavy atom. The minimum Gasteiger partial charge on any atom is -0.296 e. The van der Waals surface area contributed by atoms with E-state index in [9.17, 15) is 4.79 Å². The molecule has 0 radical (unpaired) electrons. The summed E-state index contributed by atoms with van der Waals surface area (Å²) in [7, 11) is 0. The third-order valence-electron chi connectivity index (χ3n) is 2.97. The third kappa shape index (κ3) is 2.06. The predicted molar refractivity (Wildman–Crippen MR) is 70.3 cm³/mol. The van der Waals surface area contributed by atoms with Gasteiger partial charge in [0, 0.05) is 0 Å². The van der Waals surface area contributed by atoms with E-state index >= 15 is 0 Å². The molecule has 0 unspecified atom stereocenters. The van der Waals surface area contributed by atoms with Crippen molar-refractivity contribution in [3.05, 3.63) is 40.7 Å². The summed E-state index contributed by atoms with van der Waals surface area (Å²) in [6, 6.07) is 6.15. The van der Waals surface area contributed by atoms with Crippen LogP contribution < -0.4 is 0 Å². The van der Waals surface area contributed by atoms with Crippen LogP contribution in [0.3, 0.4) is 0 Å². The molecule has 2 rings (SSSR count). The number of rotatable bonds is 3. The first kappa shape index (κ1) is 12.5. The Labute approximate surface area is 107 Å². The Hall–Kier alpha value is -1.97. The SMILES string of the molecule is Cc1ccc(-n2nnc(C=O)c2C(C)C)c(C)c1. The second kappa shape index (κ2) is 4.72. The lowest BCUT2D eigenvalue weighted by Gasteiger charge is -2.12. The maximum absolute atomic E-state index is 11.0. The average Bonchev–Trinajstić information content (AvgIpc) is 2.72. The molecule has 0 bridgehead atoms. The molecule has 0 N–H and O–H groups in total. The number of carbonyl (C=O) groups excluding carboxylic acids is 1. The molecular weight excluding hydrogens is 226 g/mol. The van der Waals surface area contributed by atoms with Gasteiger partial charge in [-0.05, 0) is 31.4 Å². The molecule has 0 amide bonds. The number of aldehydes is 1. The molecular formula is C14H17N3O. The second-order valence-electron chi connectivity index (χ2n) is 4.83. The van der Waals surface area contributed by atoms with Crippen LogP contribution in [0.5, 0.6) is 0 Å². The van der Waals surface area contributed by atoms with E-state index in [2.05, 4.69) is 23.3 Å². The van der Waals surface area contributed by atoms with E-state index in [0.717, 1.165) is 23.2 Å². The van der Waals surface area contributed by atoms with Crippen molar-refractivity contribution in [2.45, 2.75) is 33.6 Å². The lowest BCUT2D eigenvalue weighted by molar-refractivity contribution is 0.111. The quantitative estimate of drug-likeness (QED) is 0.779. The van der Waals surface area contributed by atoms with Crippen LogP contribution in [0.4, 0.5) is 0 Å². The smallest absolute Gasteiger partial charge is 0.172 e. The molecule has 18 heavy (non-hydrogen) atoms. The molecule has 0 saturated carbocycles. The van der Waals surface area contributed by atoms with Crippen LogP contribution in [0.1, 0.15) is 47.1 Å². The fourth-order valence-electron chi connectivity index (χ4n) is 2.15. The van der Waals surface area contributed by atoms with Crippen LogP contribution in [-0.4, -0.2) is 21.3 Å². The number of benzene rings is 1. The van der Waals surface area contributed by atoms with E-state index in [1.165, 1.54) is 5.56 Å². The van der Waals surface area contributed by atoms with Gasteiger partial charge in [-0.2, -0.15) is 0 Å². The number of hydrogen-bond donors (Lipinski definition) is 0. The summed E-state index contributed by atoms with van der Waals surface area (Å²) in [6.07, 6.45) is 0.766. The standard InChI is InChI=1S/C14H17N3O/c1-9(2)14-12(8-18)15-16-17(14)13-6-5-10(3)7-11(13)4/h5-9H,1-4H3. The first-order valence-corrected chi connectivity index (χ1v) is 6.03. The fraction of sp³-hybridized carbons (Fsp3) is 0.357. The molecule has 1 aromatic carbocycles. The van der Waals surface area contributed by atoms with E-state index in [4.69, 9.17) is 0 Å². The van der Waals surface area contributed by atoms with Crippen LogP contribution in [0, 0.1) is 13.8 Å². The van der Waals surface area contributed by atoms with Gasteiger partial charge in [0.25, 0.3) is 0 Å². The first-order valence-electron chi connectivity index (χ1n) is 6.03. The molecule has 0 aliphatic rings. The van der Waals surface area contributed by atoms with Crippen LogP contribution >= 0.6 is 0 Å². The molecule has 0 aliphatic carbocycles. The van der Waals surface area contributed by atoms with Crippen molar-refractivity contribution in [3.8, 4) is 5.69 Å². The largest absolute Gasteiger partial charge is 0.296 e. The number of aromatic nitrogens is 3. The zero-order valence-electron chi connectivity index (χ0n) is 11.1. The van der Waals surface area contributed by atoms with E-state index < -0.39 is 0 Å². The predicted octanol–water partition coefficient (Wildman–Crippen LogP) is 2.82. The molecule has 94 valence electrons. The molecule has 1 heterocycles. The fourth-order valence-corrected chi connectivity index (χ4v) is 2.15. The van der Waals surface area contributed by atoms with Crippen LogP contribution in [0.25, 0.3) is 5.69 Å². The minimum atomic E-state index is 0.195. The molecule has 0 atom stereocenters. The van der Waals surface area contributed by atoms with Gasteiger partial charge >= 0.3 is 0 Å². The lowest BCUT2D eigenvalue weighted by Crippen LogP contribution is -2.07. The highest BCUT2D eigenvalue weighted by Gasteiger charge is 2.17. The summed E-state index contributed by atoms with van der Waals surface area (Å²) in [4.78, 5) is 11.0. The summed E-state index contributed by atoms with van der Waals surface area (Å²) >= 11 is 0.